The molecule has 4 heterocycles. The molecule has 4 atom stereocenters. The predicted octanol–water partition coefficient (Wildman–Crippen LogP) is -1.19. The summed E-state index contributed by atoms with van der Waals surface area (Å²) in [5.74, 6) is 0. The molecule has 0 radical (unpaired) electrons. The summed E-state index contributed by atoms with van der Waals surface area (Å²) < 4.78 is 23.8. The Morgan fingerprint density at radius 3 is 2.72 bits per heavy atom. The number of imidazole rings is 2. The van der Waals surface area contributed by atoms with Crippen molar-refractivity contribution in [2.45, 2.75) is 24.5 Å². The van der Waals surface area contributed by atoms with E-state index in [-0.39, 0.29) is 0 Å². The summed E-state index contributed by atoms with van der Waals surface area (Å²) >= 11 is 0. The molecule has 1 aliphatic heterocycles. The van der Waals surface area contributed by atoms with Gasteiger partial charge in [-0.25, -0.2) is 19.5 Å². The number of aliphatic hydroxyl groups excluding tert-OH is 2. The zero-order valence-electron chi connectivity index (χ0n) is 12.5. The minimum Gasteiger partial charge on any atom is -0.387 e. The van der Waals surface area contributed by atoms with Crippen molar-refractivity contribution >= 4 is 24.6 Å². The molecule has 3 aromatic heterocycles. The van der Waals surface area contributed by atoms with Crippen molar-refractivity contribution in [3.05, 3.63) is 25.0 Å². The lowest BCUT2D eigenvalue weighted by Crippen LogP contribution is -2.33. The normalized spacial score (nSPS) is 27.5. The number of rotatable bonds is 4. The molecule has 13 heteroatoms. The molecule has 25 heavy (non-hydrogen) atoms. The number of ether oxygens (including phenoxy) is 1. The third-order valence-electron chi connectivity index (χ3n) is 3.97. The van der Waals surface area contributed by atoms with Crippen LogP contribution in [-0.2, 0) is 13.8 Å². The second kappa shape index (κ2) is 5.81. The second-order valence-corrected chi connectivity index (χ2v) is 6.80. The number of aliphatic hydroxyl groups is 2. The van der Waals surface area contributed by atoms with Crippen LogP contribution in [-0.4, -0.2) is 68.8 Å². The number of hydrogen-bond acceptors (Lipinski definition) is 8. The highest BCUT2D eigenvalue weighted by atomic mass is 31.2. The van der Waals surface area contributed by atoms with E-state index in [0.29, 0.717) is 16.8 Å². The molecule has 1 aliphatic rings. The molecule has 0 bridgehead atoms. The summed E-state index contributed by atoms with van der Waals surface area (Å²) in [4.78, 5) is 30.2. The fourth-order valence-electron chi connectivity index (χ4n) is 2.80. The summed E-state index contributed by atoms with van der Waals surface area (Å²) in [6.45, 7) is -0.580. The third-order valence-corrected chi connectivity index (χ3v) is 4.46. The maximum atomic E-state index is 10.8. The van der Waals surface area contributed by atoms with Gasteiger partial charge in [0.1, 0.15) is 24.6 Å². The van der Waals surface area contributed by atoms with E-state index >= 15 is 0 Å². The maximum absolute atomic E-state index is 10.8. The summed E-state index contributed by atoms with van der Waals surface area (Å²) in [5, 5.41) is 20.3. The van der Waals surface area contributed by atoms with Crippen molar-refractivity contribution in [2.24, 2.45) is 0 Å². The van der Waals surface area contributed by atoms with Crippen LogP contribution in [0.15, 0.2) is 25.0 Å². The quantitative estimate of drug-likeness (QED) is 0.410. The van der Waals surface area contributed by atoms with Crippen LogP contribution in [0.25, 0.3) is 16.8 Å². The number of fused-ring (bicyclic) bond motifs is 3. The van der Waals surface area contributed by atoms with Crippen molar-refractivity contribution < 1.29 is 33.8 Å². The Hall–Kier alpha value is -1.92. The molecule has 1 unspecified atom stereocenters. The van der Waals surface area contributed by atoms with Crippen molar-refractivity contribution in [2.75, 3.05) is 6.61 Å². The monoisotopic (exact) mass is 371 g/mol. The lowest BCUT2D eigenvalue weighted by atomic mass is 10.1. The minimum absolute atomic E-state index is 0.381. The molecular weight excluding hydrogens is 357 g/mol. The average Bonchev–Trinajstić information content (AvgIpc) is 3.23. The molecule has 3 aromatic rings. The van der Waals surface area contributed by atoms with Crippen molar-refractivity contribution in [3.8, 4) is 0 Å². The first-order valence-corrected chi connectivity index (χ1v) is 8.74. The Balaban J connectivity index is 1.65. The summed E-state index contributed by atoms with van der Waals surface area (Å²) in [6, 6.07) is 0. The molecular formula is C12H14N5O7P. The van der Waals surface area contributed by atoms with Crippen LogP contribution in [0.3, 0.4) is 0 Å². The zero-order chi connectivity index (χ0) is 17.8. The van der Waals surface area contributed by atoms with E-state index in [1.54, 1.807) is 16.8 Å². The molecule has 1 fully saturated rings. The first-order chi connectivity index (χ1) is 11.8. The van der Waals surface area contributed by atoms with Gasteiger partial charge in [0, 0.05) is 12.4 Å². The summed E-state index contributed by atoms with van der Waals surface area (Å²) in [7, 11) is -4.72. The lowest BCUT2D eigenvalue weighted by Gasteiger charge is -2.16. The van der Waals surface area contributed by atoms with Gasteiger partial charge in [-0.1, -0.05) is 0 Å². The van der Waals surface area contributed by atoms with E-state index in [1.165, 1.54) is 17.2 Å². The Kier molecular flexibility index (Phi) is 3.85. The van der Waals surface area contributed by atoms with E-state index in [4.69, 9.17) is 14.5 Å². The van der Waals surface area contributed by atoms with Gasteiger partial charge in [0.25, 0.3) is 0 Å². The highest BCUT2D eigenvalue weighted by Crippen LogP contribution is 2.38. The molecule has 4 N–H and O–H groups in total. The van der Waals surface area contributed by atoms with Crippen LogP contribution >= 0.6 is 7.82 Å². The standard InChI is InChI=1S/C12H14N5O7P/c18-8-6(3-23-25(20,21)22)24-12(9(8)19)17-5-14-7-10-13-1-2-16(10)4-15-11(7)17/h1-2,4-6,8-9,12,18-19H,3H2,(H2,20,21,22)/t6-,8+,9?,12-/m1/s1. The predicted molar refractivity (Wildman–Crippen MR) is 80.2 cm³/mol. The molecule has 1 saturated heterocycles. The van der Waals surface area contributed by atoms with Crippen LogP contribution in [0.1, 0.15) is 6.23 Å². The van der Waals surface area contributed by atoms with Gasteiger partial charge in [-0.15, -0.1) is 0 Å². The molecule has 0 saturated carbocycles. The smallest absolute Gasteiger partial charge is 0.387 e. The van der Waals surface area contributed by atoms with Gasteiger partial charge < -0.3 is 24.7 Å². The third kappa shape index (κ3) is 2.83. The number of phosphoric ester groups is 1. The highest BCUT2D eigenvalue weighted by molar-refractivity contribution is 7.46. The minimum atomic E-state index is -4.72. The van der Waals surface area contributed by atoms with E-state index in [1.807, 2.05) is 0 Å². The highest BCUT2D eigenvalue weighted by Gasteiger charge is 2.45. The second-order valence-electron chi connectivity index (χ2n) is 5.56. The Morgan fingerprint density at radius 2 is 1.96 bits per heavy atom. The van der Waals surface area contributed by atoms with Gasteiger partial charge in [0.15, 0.2) is 23.0 Å². The molecule has 134 valence electrons. The topological polar surface area (TPSA) is 164 Å². The van der Waals surface area contributed by atoms with Crippen LogP contribution in [0, 0.1) is 0 Å². The number of phosphoric acid groups is 1. The number of nitrogens with zero attached hydrogens (tertiary/aromatic N) is 5. The first-order valence-electron chi connectivity index (χ1n) is 7.21. The van der Waals surface area contributed by atoms with Crippen LogP contribution in [0.2, 0.25) is 0 Å². The zero-order valence-corrected chi connectivity index (χ0v) is 13.4. The van der Waals surface area contributed by atoms with Crippen LogP contribution in [0.5, 0.6) is 0 Å². The van der Waals surface area contributed by atoms with Gasteiger partial charge >= 0.3 is 7.82 Å². The SMILES string of the molecule is O=P(O)(O)OC[C@H]1O[C@@H](n2cnc3c2ncn2ccnc32)C(O)[C@H]1O. The largest absolute Gasteiger partial charge is 0.469 e. The Bertz CT molecular complexity index is 967. The van der Waals surface area contributed by atoms with Gasteiger partial charge in [-0.3, -0.25) is 13.5 Å². The molecule has 0 spiro atoms. The molecule has 0 aliphatic carbocycles. The first kappa shape index (κ1) is 16.5. The van der Waals surface area contributed by atoms with E-state index < -0.39 is 39.0 Å². The molecule has 4 rings (SSSR count). The van der Waals surface area contributed by atoms with Crippen molar-refractivity contribution in [3.63, 3.8) is 0 Å². The Labute approximate surface area is 139 Å². The lowest BCUT2D eigenvalue weighted by molar-refractivity contribution is -0.0504. The van der Waals surface area contributed by atoms with Crippen molar-refractivity contribution in [1.82, 2.24) is 23.9 Å². The molecule has 0 amide bonds. The van der Waals surface area contributed by atoms with E-state index in [9.17, 15) is 14.8 Å². The Morgan fingerprint density at radius 1 is 1.16 bits per heavy atom. The van der Waals surface area contributed by atoms with E-state index in [2.05, 4.69) is 19.5 Å². The summed E-state index contributed by atoms with van der Waals surface area (Å²) in [6.07, 6.45) is 1.28. The number of hydrogen-bond donors (Lipinski definition) is 4. The van der Waals surface area contributed by atoms with Crippen molar-refractivity contribution in [1.29, 1.82) is 0 Å². The van der Waals surface area contributed by atoms with E-state index in [0.717, 1.165) is 0 Å². The molecule has 12 nitrogen and oxygen atoms in total. The number of aromatic nitrogens is 5. The average molecular weight is 371 g/mol. The van der Waals surface area contributed by atoms with Crippen LogP contribution in [0.4, 0.5) is 0 Å². The van der Waals surface area contributed by atoms with Crippen LogP contribution < -0.4 is 0 Å². The summed E-state index contributed by atoms with van der Waals surface area (Å²) in [5.41, 5.74) is 1.43. The van der Waals surface area contributed by atoms with Gasteiger partial charge in [0.05, 0.1) is 12.9 Å². The van der Waals surface area contributed by atoms with Gasteiger partial charge in [-0.05, 0) is 0 Å². The fourth-order valence-corrected chi connectivity index (χ4v) is 3.14. The molecule has 0 aromatic carbocycles. The van der Waals surface area contributed by atoms with Gasteiger partial charge in [-0.2, -0.15) is 0 Å². The van der Waals surface area contributed by atoms with Gasteiger partial charge in [0.2, 0.25) is 0 Å². The maximum Gasteiger partial charge on any atom is 0.469 e. The fraction of sp³-hybridized carbons (Fsp3) is 0.417.